The molecule has 0 atom stereocenters. The van der Waals surface area contributed by atoms with Gasteiger partial charge in [-0.3, -0.25) is 24.0 Å². The Labute approximate surface area is 729 Å². The summed E-state index contributed by atoms with van der Waals surface area (Å²) in [4.78, 5) is 175. The van der Waals surface area contributed by atoms with E-state index < -0.39 is 29.8 Å². The summed E-state index contributed by atoms with van der Waals surface area (Å²) in [6, 6.07) is 42.9. The van der Waals surface area contributed by atoms with Gasteiger partial charge in [0.05, 0.1) is 81.5 Å². The fourth-order valence-corrected chi connectivity index (χ4v) is 16.9. The number of hydrogen-bond acceptors (Lipinski definition) is 36. The van der Waals surface area contributed by atoms with Gasteiger partial charge < -0.3 is 62.0 Å². The lowest BCUT2D eigenvalue weighted by atomic mass is 10.1. The van der Waals surface area contributed by atoms with Gasteiger partial charge in [0.15, 0.2) is 25.0 Å². The second-order valence-electron chi connectivity index (χ2n) is 25.8. The number of nitrogens with zero attached hydrogens (tertiary/aromatic N) is 12. The molecule has 0 aliphatic rings. The van der Waals surface area contributed by atoms with E-state index in [1.807, 2.05) is 121 Å². The average molecular weight is 1790 g/mol. The van der Waals surface area contributed by atoms with Gasteiger partial charge in [-0.2, -0.15) is 4.98 Å². The summed E-state index contributed by atoms with van der Waals surface area (Å²) >= 11 is 7.22. The van der Waals surface area contributed by atoms with Crippen molar-refractivity contribution >= 4 is 181 Å². The van der Waals surface area contributed by atoms with Crippen LogP contribution < -0.4 is 0 Å². The molecule has 0 radical (unpaired) electrons. The van der Waals surface area contributed by atoms with Crippen LogP contribution >= 0.6 is 68.0 Å². The largest absolute Gasteiger partial charge is 0.465 e. The van der Waals surface area contributed by atoms with E-state index >= 15 is 0 Å². The van der Waals surface area contributed by atoms with E-state index in [0.717, 1.165) is 65.9 Å². The van der Waals surface area contributed by atoms with E-state index in [0.29, 0.717) is 91.9 Å². The maximum Gasteiger partial charge on any atom is 0.397 e. The first-order valence-corrected chi connectivity index (χ1v) is 41.9. The van der Waals surface area contributed by atoms with Crippen LogP contribution in [0.2, 0.25) is 0 Å². The van der Waals surface area contributed by atoms with E-state index in [2.05, 4.69) is 109 Å². The van der Waals surface area contributed by atoms with Crippen molar-refractivity contribution in [3.05, 3.63) is 291 Å². The maximum absolute atomic E-state index is 12.8. The first kappa shape index (κ1) is 83.6. The van der Waals surface area contributed by atoms with Crippen LogP contribution in [0.1, 0.15) is 129 Å². The van der Waals surface area contributed by atoms with Crippen molar-refractivity contribution in [1.29, 1.82) is 0 Å². The molecule has 624 valence electrons. The number of para-hydroxylation sites is 5. The predicted octanol–water partition coefficient (Wildman–Crippen LogP) is 16.2. The Morgan fingerprint density at radius 1 is 0.325 bits per heavy atom. The third-order valence-corrected chi connectivity index (χ3v) is 23.5. The Morgan fingerprint density at radius 3 is 1.15 bits per heavy atom. The molecule has 0 saturated carbocycles. The molecule has 0 spiro atoms. The van der Waals surface area contributed by atoms with Gasteiger partial charge >= 0.3 is 41.6 Å². The molecule has 15 heterocycles. The zero-order valence-corrected chi connectivity index (χ0v) is 70.3. The van der Waals surface area contributed by atoms with Crippen molar-refractivity contribution < 1.29 is 85.0 Å². The number of nitrogens with one attached hydrogen (secondary N) is 5. The molecule has 0 bridgehead atoms. The number of methoxy groups -OCH3 is 5. The van der Waals surface area contributed by atoms with Crippen LogP contribution in [0.5, 0.6) is 0 Å². The summed E-state index contributed by atoms with van der Waals surface area (Å²) in [6.07, 6.45) is 11.1. The van der Waals surface area contributed by atoms with Gasteiger partial charge in [0, 0.05) is 112 Å². The van der Waals surface area contributed by atoms with Crippen molar-refractivity contribution in [2.45, 2.75) is 0 Å². The number of thiazole rings is 6. The lowest BCUT2D eigenvalue weighted by Gasteiger charge is -2.00. The molecule has 0 saturated heterocycles. The van der Waals surface area contributed by atoms with Crippen molar-refractivity contribution in [3.8, 4) is 56.8 Å². The Morgan fingerprint density at radius 2 is 0.706 bits per heavy atom. The SMILES string of the molecule is COC(=O)c1cccc(-c2csc(C(=O)c3c[nH]c4ccccc34)n2)n1.COC(=O)c1cnc(-c2csc(C(=O)c3c[nH]c4ccccc34)n2)o1.COC(=O)c1cnc(-c2csc(C(=O)c3c[nH]c4ccccc34)n2)s1.COC(=O)c1nc(-c2csc(C(=O)c3c[nH]c4ccccc34)n2)no1.COC(=O)c1nnc(-c2csc(C(=O)c3c[nH]c4ccccc34)n2)o1. The molecule has 126 heavy (non-hydrogen) atoms. The van der Waals surface area contributed by atoms with Crippen LogP contribution in [0, 0.1) is 0 Å². The average Bonchev–Trinajstić information content (AvgIpc) is 1.66. The number of aromatic nitrogens is 17. The summed E-state index contributed by atoms with van der Waals surface area (Å²) in [5, 5.41) is 25.9. The fraction of sp³-hybridized carbons (Fsp3) is 0.0588. The highest BCUT2D eigenvalue weighted by Crippen LogP contribution is 2.34. The van der Waals surface area contributed by atoms with E-state index in [4.69, 9.17) is 13.4 Å². The van der Waals surface area contributed by atoms with Crippen molar-refractivity contribution in [3.63, 3.8) is 0 Å². The number of carbonyl (C=O) groups excluding carboxylic acids is 10. The van der Waals surface area contributed by atoms with Gasteiger partial charge in [0.25, 0.3) is 5.89 Å². The number of carbonyl (C=O) groups is 10. The molecule has 5 aromatic carbocycles. The summed E-state index contributed by atoms with van der Waals surface area (Å²) in [7, 11) is 6.31. The number of H-pyrrole nitrogens is 5. The zero-order valence-electron chi connectivity index (χ0n) is 65.4. The number of pyridine rings is 1. The molecule has 41 heteroatoms. The van der Waals surface area contributed by atoms with Crippen LogP contribution in [0.4, 0.5) is 0 Å². The van der Waals surface area contributed by atoms with Crippen molar-refractivity contribution in [1.82, 2.24) is 85.1 Å². The third kappa shape index (κ3) is 17.6. The van der Waals surface area contributed by atoms with Crippen LogP contribution in [-0.4, -0.2) is 179 Å². The summed E-state index contributed by atoms with van der Waals surface area (Å²) in [5.41, 5.74) is 10.2. The number of ether oxygens (including phenoxy) is 5. The minimum atomic E-state index is -0.732. The Hall–Kier alpha value is -16.1. The highest BCUT2D eigenvalue weighted by atomic mass is 32.1. The number of hydrogen-bond donors (Lipinski definition) is 5. The number of aromatic amines is 5. The minimum absolute atomic E-state index is 0.0185. The molecule has 20 aromatic rings. The molecule has 0 aliphatic carbocycles. The normalized spacial score (nSPS) is 10.9. The second-order valence-corrected chi connectivity index (χ2v) is 31.2. The first-order valence-electron chi connectivity index (χ1n) is 36.7. The molecule has 0 amide bonds. The van der Waals surface area contributed by atoms with E-state index in [1.54, 1.807) is 76.1 Å². The topological polar surface area (TPSA) is 490 Å². The summed E-state index contributed by atoms with van der Waals surface area (Å²) < 4.78 is 38.3. The number of oxazole rings is 1. The fourth-order valence-electron chi connectivity index (χ4n) is 12.2. The molecule has 35 nitrogen and oxygen atoms in total. The van der Waals surface area contributed by atoms with E-state index in [-0.39, 0.29) is 74.8 Å². The lowest BCUT2D eigenvalue weighted by molar-refractivity contribution is 0.0540. The standard InChI is InChI=1S/C19H13N3O3S.C17H11N3O4S.C17H11N3O3S2.2C16H10N4O4S/c1-25-19(24)15-8-4-7-14(21-15)16-10-26-18(22-16)17(23)12-9-20-13-6-3-2-5-11(12)13;1-23-17(22)13-7-19-15(24-13)12-8-25-16(20-12)14(21)10-6-18-11-5-3-2-4-9(10)11;1-23-17(22)13-7-19-15(25-13)12-8-24-16(20-12)14(21)10-6-18-11-5-3-2-4-9(10)11;1-23-16(22)14-20-19-13(24-14)11-7-25-15(18-11)12(21)9-6-17-10-5-3-2-4-8(9)10;1-23-16(22)14-19-13(20-24-14)11-7-25-15(18-11)12(21)9-6-17-10-5-3-2-4-8(9)10/h2-10,20H,1H3;2*2-8,18H,1H3;2*2-7,17H,1H3. The molecular formula is C85H55N17O18S6. The molecule has 5 N–H and O–H groups in total. The van der Waals surface area contributed by atoms with Gasteiger partial charge in [0.2, 0.25) is 46.4 Å². The smallest absolute Gasteiger partial charge is 0.397 e. The molecule has 20 rings (SSSR count). The number of benzene rings is 5. The van der Waals surface area contributed by atoms with Gasteiger partial charge in [0.1, 0.15) is 44.0 Å². The van der Waals surface area contributed by atoms with Crippen molar-refractivity contribution in [2.75, 3.05) is 35.5 Å². The Bertz CT molecular complexity index is 6850. The van der Waals surface area contributed by atoms with Crippen LogP contribution in [0.3, 0.4) is 0 Å². The van der Waals surface area contributed by atoms with Gasteiger partial charge in [-0.25, -0.2) is 63.8 Å². The van der Waals surface area contributed by atoms with Gasteiger partial charge in [-0.05, 0) is 42.5 Å². The molecule has 0 aliphatic heterocycles. The predicted molar refractivity (Wildman–Crippen MR) is 462 cm³/mol. The highest BCUT2D eigenvalue weighted by molar-refractivity contribution is 7.17. The summed E-state index contributed by atoms with van der Waals surface area (Å²) in [5.74, 6) is -4.15. The number of rotatable bonds is 20. The quantitative estimate of drug-likeness (QED) is 0.0269. The number of ketones is 5. The lowest BCUT2D eigenvalue weighted by Crippen LogP contribution is -2.04. The van der Waals surface area contributed by atoms with Crippen LogP contribution in [-0.2, 0) is 23.7 Å². The number of fused-ring (bicyclic) bond motifs is 5. The maximum atomic E-state index is 12.8. The van der Waals surface area contributed by atoms with Gasteiger partial charge in [-0.15, -0.1) is 78.2 Å². The molecule has 0 fully saturated rings. The molecule has 15 aromatic heterocycles. The Kier molecular flexibility index (Phi) is 24.6. The zero-order chi connectivity index (χ0) is 87.6. The number of esters is 5. The Balaban J connectivity index is 0.000000116. The molecular weight excluding hydrogens is 1740 g/mol. The molecule has 0 unspecified atom stereocenters. The van der Waals surface area contributed by atoms with Crippen LogP contribution in [0.25, 0.3) is 111 Å². The first-order chi connectivity index (χ1) is 61.3. The van der Waals surface area contributed by atoms with Crippen LogP contribution in [0.15, 0.2) is 223 Å². The highest BCUT2D eigenvalue weighted by Gasteiger charge is 2.28. The monoisotopic (exact) mass is 1790 g/mol. The van der Waals surface area contributed by atoms with E-state index in [1.165, 1.54) is 105 Å². The van der Waals surface area contributed by atoms with E-state index in [9.17, 15) is 47.9 Å². The minimum Gasteiger partial charge on any atom is -0.465 e. The van der Waals surface area contributed by atoms with Gasteiger partial charge in [-0.1, -0.05) is 102 Å². The van der Waals surface area contributed by atoms with Crippen molar-refractivity contribution in [2.24, 2.45) is 0 Å². The third-order valence-electron chi connectivity index (χ3n) is 18.3. The second kappa shape index (κ2) is 37.1. The summed E-state index contributed by atoms with van der Waals surface area (Å²) in [6.45, 7) is 0.